The van der Waals surface area contributed by atoms with Crippen molar-refractivity contribution < 1.29 is 9.79 Å². The number of likely N-dealkylation sites (N-methyl/N-ethyl adjacent to an activating group) is 1. The largest absolute Gasteiger partial charge is 0.367 e. The Kier molecular flexibility index (Phi) is 6.80. The third-order valence-electron chi connectivity index (χ3n) is 9.07. The predicted octanol–water partition coefficient (Wildman–Crippen LogP) is 2.65. The molecule has 8 nitrogen and oxygen atoms in total. The molecule has 40 heavy (non-hydrogen) atoms. The summed E-state index contributed by atoms with van der Waals surface area (Å²) in [7, 11) is 1.54. The van der Waals surface area contributed by atoms with Gasteiger partial charge in [0, 0.05) is 36.5 Å². The SMILES string of the molecule is CN(N)C(=O)/C(C(N)=[NH+]C1CC12CCCC21CC1)=C(/NCc1ccc(-c2ccccn2)cc1)Nc1ccccc1. The molecule has 2 unspecified atom stereocenters. The van der Waals surface area contributed by atoms with Crippen LogP contribution in [0.25, 0.3) is 11.3 Å². The number of amides is 1. The van der Waals surface area contributed by atoms with Crippen LogP contribution in [0.3, 0.4) is 0 Å². The highest BCUT2D eigenvalue weighted by atomic mass is 16.2. The molecule has 2 atom stereocenters. The Morgan fingerprint density at radius 2 is 1.77 bits per heavy atom. The number of aromatic nitrogens is 1. The predicted molar refractivity (Wildman–Crippen MR) is 157 cm³/mol. The number of fused-ring (bicyclic) bond motifs is 1. The molecule has 0 bridgehead atoms. The summed E-state index contributed by atoms with van der Waals surface area (Å²) in [6.45, 7) is 0.479. The van der Waals surface area contributed by atoms with Crippen LogP contribution in [0.4, 0.5) is 5.69 Å². The molecular formula is C32H38N7O+. The maximum Gasteiger partial charge on any atom is 0.282 e. The number of pyridine rings is 1. The van der Waals surface area contributed by atoms with E-state index in [4.69, 9.17) is 11.6 Å². The Morgan fingerprint density at radius 1 is 1.02 bits per heavy atom. The molecular weight excluding hydrogens is 498 g/mol. The van der Waals surface area contributed by atoms with Gasteiger partial charge in [-0.15, -0.1) is 0 Å². The maximum atomic E-state index is 13.5. The summed E-state index contributed by atoms with van der Waals surface area (Å²) in [4.78, 5) is 21.5. The summed E-state index contributed by atoms with van der Waals surface area (Å²) in [5, 5.41) is 7.94. The molecule has 3 aromatic rings. The van der Waals surface area contributed by atoms with Crippen LogP contribution in [0.5, 0.6) is 0 Å². The van der Waals surface area contributed by atoms with Crippen LogP contribution in [0.1, 0.15) is 44.1 Å². The standard InChI is InChI=1S/C32H37N7O/c1-39(34)30(40)27(28(33)38-26-20-32(26)16-7-15-31(32)17-18-31)29(37-24-8-3-2-4-9-24)36-21-22-11-13-23(14-12-22)25-10-5-6-19-35-25/h2-6,8-14,19,26,36-37H,7,15-18,20-21,34H2,1H3,(H2,33,38)/p+1/b29-27-. The van der Waals surface area contributed by atoms with Crippen LogP contribution in [0.2, 0.25) is 0 Å². The maximum absolute atomic E-state index is 13.5. The van der Waals surface area contributed by atoms with Crippen molar-refractivity contribution in [3.8, 4) is 11.3 Å². The Labute approximate surface area is 235 Å². The van der Waals surface area contributed by atoms with E-state index in [1.807, 2.05) is 48.5 Å². The number of amidine groups is 1. The van der Waals surface area contributed by atoms with Gasteiger partial charge in [0.15, 0.2) is 5.57 Å². The number of rotatable bonds is 9. The fourth-order valence-electron chi connectivity index (χ4n) is 6.68. The van der Waals surface area contributed by atoms with Gasteiger partial charge in [-0.2, -0.15) is 0 Å². The van der Waals surface area contributed by atoms with Crippen molar-refractivity contribution in [1.29, 1.82) is 0 Å². The summed E-state index contributed by atoms with van der Waals surface area (Å²) in [6, 6.07) is 24.1. The number of para-hydroxylation sites is 1. The average molecular weight is 537 g/mol. The second-order valence-corrected chi connectivity index (χ2v) is 11.5. The molecule has 1 aromatic heterocycles. The van der Waals surface area contributed by atoms with Crippen molar-refractivity contribution in [3.05, 3.63) is 96.0 Å². The first-order chi connectivity index (χ1) is 19.4. The number of hydrazine groups is 1. The molecule has 3 fully saturated rings. The molecule has 0 radical (unpaired) electrons. The number of benzene rings is 2. The Morgan fingerprint density at radius 3 is 2.45 bits per heavy atom. The smallest absolute Gasteiger partial charge is 0.282 e. The third kappa shape index (κ3) is 4.95. The lowest BCUT2D eigenvalue weighted by atomic mass is 9.89. The van der Waals surface area contributed by atoms with Gasteiger partial charge in [0.2, 0.25) is 0 Å². The molecule has 3 aliphatic carbocycles. The van der Waals surface area contributed by atoms with E-state index in [1.54, 1.807) is 13.2 Å². The zero-order valence-corrected chi connectivity index (χ0v) is 23.0. The van der Waals surface area contributed by atoms with Crippen molar-refractivity contribution in [2.24, 2.45) is 22.4 Å². The molecule has 3 aliphatic rings. The van der Waals surface area contributed by atoms with Gasteiger partial charge in [-0.1, -0.05) is 55.0 Å². The van der Waals surface area contributed by atoms with E-state index in [1.165, 1.54) is 32.1 Å². The highest BCUT2D eigenvalue weighted by Crippen LogP contribution is 2.76. The highest BCUT2D eigenvalue weighted by Gasteiger charge is 2.74. The van der Waals surface area contributed by atoms with E-state index < -0.39 is 0 Å². The summed E-state index contributed by atoms with van der Waals surface area (Å²) in [5.74, 6) is 6.48. The fourth-order valence-corrected chi connectivity index (χ4v) is 6.68. The summed E-state index contributed by atoms with van der Waals surface area (Å²) < 4.78 is 0. The van der Waals surface area contributed by atoms with Crippen LogP contribution in [0, 0.1) is 10.8 Å². The van der Waals surface area contributed by atoms with Crippen molar-refractivity contribution in [1.82, 2.24) is 15.3 Å². The molecule has 2 spiro atoms. The molecule has 6 rings (SSSR count). The van der Waals surface area contributed by atoms with E-state index in [-0.39, 0.29) is 5.91 Å². The second kappa shape index (κ2) is 10.4. The van der Waals surface area contributed by atoms with Gasteiger partial charge in [0.1, 0.15) is 11.9 Å². The molecule has 1 amide bonds. The minimum atomic E-state index is -0.372. The number of nitrogens with zero attached hydrogens (tertiary/aromatic N) is 2. The average Bonchev–Trinajstić information content (AvgIpc) is 3.87. The Bertz CT molecular complexity index is 1430. The van der Waals surface area contributed by atoms with Gasteiger partial charge in [-0.05, 0) is 67.3 Å². The summed E-state index contributed by atoms with van der Waals surface area (Å²) in [5.41, 5.74) is 11.7. The normalized spacial score (nSPS) is 23.1. The van der Waals surface area contributed by atoms with Crippen LogP contribution in [-0.4, -0.2) is 34.8 Å². The first-order valence-electron chi connectivity index (χ1n) is 14.1. The van der Waals surface area contributed by atoms with Gasteiger partial charge < -0.3 is 10.6 Å². The quantitative estimate of drug-likeness (QED) is 0.0716. The topological polar surface area (TPSA) is 123 Å². The monoisotopic (exact) mass is 536 g/mol. The number of nitrogens with one attached hydrogen (secondary N) is 3. The first-order valence-corrected chi connectivity index (χ1v) is 14.1. The van der Waals surface area contributed by atoms with Crippen molar-refractivity contribution in [3.63, 3.8) is 0 Å². The Balaban J connectivity index is 1.30. The molecule has 7 N–H and O–H groups in total. The van der Waals surface area contributed by atoms with E-state index >= 15 is 0 Å². The second-order valence-electron chi connectivity index (χ2n) is 11.5. The molecule has 1 heterocycles. The molecule has 3 saturated carbocycles. The molecule has 2 aromatic carbocycles. The Hall–Kier alpha value is -4.17. The van der Waals surface area contributed by atoms with E-state index in [0.717, 1.165) is 33.9 Å². The lowest BCUT2D eigenvalue weighted by Crippen LogP contribution is -2.79. The lowest BCUT2D eigenvalue weighted by Gasteiger charge is -2.20. The number of carbonyl (C=O) groups is 1. The minimum Gasteiger partial charge on any atom is -0.367 e. The number of hydrogen-bond acceptors (Lipinski definition) is 5. The summed E-state index contributed by atoms with van der Waals surface area (Å²) in [6.07, 6.45) is 9.39. The van der Waals surface area contributed by atoms with Crippen molar-refractivity contribution in [2.45, 2.75) is 51.1 Å². The number of anilines is 1. The number of carbonyl (C=O) groups excluding carboxylic acids is 1. The van der Waals surface area contributed by atoms with Crippen LogP contribution < -0.4 is 27.2 Å². The van der Waals surface area contributed by atoms with Gasteiger partial charge in [-0.25, -0.2) is 5.84 Å². The zero-order chi connectivity index (χ0) is 27.7. The summed E-state index contributed by atoms with van der Waals surface area (Å²) >= 11 is 0. The van der Waals surface area contributed by atoms with E-state index in [9.17, 15) is 4.79 Å². The highest BCUT2D eigenvalue weighted by molar-refractivity contribution is 6.18. The van der Waals surface area contributed by atoms with E-state index in [0.29, 0.717) is 40.6 Å². The fraction of sp³-hybridized carbons (Fsp3) is 0.344. The van der Waals surface area contributed by atoms with Crippen LogP contribution in [0.15, 0.2) is 90.4 Å². The van der Waals surface area contributed by atoms with Crippen molar-refractivity contribution >= 4 is 17.4 Å². The number of hydrogen-bond donors (Lipinski definition) is 5. The van der Waals surface area contributed by atoms with E-state index in [2.05, 4.69) is 44.9 Å². The van der Waals surface area contributed by atoms with Gasteiger partial charge >= 0.3 is 0 Å². The van der Waals surface area contributed by atoms with Crippen molar-refractivity contribution in [2.75, 3.05) is 12.4 Å². The number of nitrogens with two attached hydrogens (primary N) is 2. The molecule has 8 heteroatoms. The van der Waals surface area contributed by atoms with Crippen LogP contribution >= 0.6 is 0 Å². The van der Waals surface area contributed by atoms with Gasteiger partial charge in [-0.3, -0.25) is 25.5 Å². The molecule has 0 aliphatic heterocycles. The van der Waals surface area contributed by atoms with Gasteiger partial charge in [0.05, 0.1) is 5.69 Å². The lowest BCUT2D eigenvalue weighted by molar-refractivity contribution is -0.483. The molecule has 206 valence electrons. The van der Waals surface area contributed by atoms with Gasteiger partial charge in [0.25, 0.3) is 11.7 Å². The third-order valence-corrected chi connectivity index (χ3v) is 9.07. The zero-order valence-electron chi connectivity index (χ0n) is 23.0. The first kappa shape index (κ1) is 26.1. The van der Waals surface area contributed by atoms with Crippen LogP contribution in [-0.2, 0) is 11.3 Å². The molecule has 0 saturated heterocycles. The minimum absolute atomic E-state index is 0.292.